The third-order valence-electron chi connectivity index (χ3n) is 5.02. The van der Waals surface area contributed by atoms with Crippen LogP contribution in [0.25, 0.3) is 0 Å². The molecule has 0 aliphatic heterocycles. The lowest BCUT2D eigenvalue weighted by Gasteiger charge is -2.31. The summed E-state index contributed by atoms with van der Waals surface area (Å²) in [6, 6.07) is 0. The van der Waals surface area contributed by atoms with Gasteiger partial charge in [0, 0.05) is 6.61 Å². The molecule has 0 heterocycles. The minimum absolute atomic E-state index is 0.138. The lowest BCUT2D eigenvalue weighted by molar-refractivity contribution is -0.0857. The van der Waals surface area contributed by atoms with Crippen molar-refractivity contribution in [1.29, 1.82) is 0 Å². The number of fused-ring (bicyclic) bond motifs is 2. The fourth-order valence-corrected chi connectivity index (χ4v) is 3.41. The van der Waals surface area contributed by atoms with Gasteiger partial charge >= 0.3 is 0 Å². The summed E-state index contributed by atoms with van der Waals surface area (Å²) in [6.45, 7) is 10.1. The summed E-state index contributed by atoms with van der Waals surface area (Å²) in [5.74, 6) is 2.28. The Morgan fingerprint density at radius 3 is 2.29 bits per heavy atom. The molecule has 0 amide bonds. The molecule has 3 unspecified atom stereocenters. The van der Waals surface area contributed by atoms with E-state index in [2.05, 4.69) is 26.0 Å². The number of allylic oxidation sites excluding steroid dienone is 2. The van der Waals surface area contributed by atoms with Crippen LogP contribution >= 0.6 is 0 Å². The van der Waals surface area contributed by atoms with E-state index >= 15 is 0 Å². The molecule has 0 saturated heterocycles. The molecule has 0 aromatic heterocycles. The summed E-state index contributed by atoms with van der Waals surface area (Å²) in [6.07, 6.45) is 8.97. The van der Waals surface area contributed by atoms with Gasteiger partial charge in [0.25, 0.3) is 0 Å². The van der Waals surface area contributed by atoms with Gasteiger partial charge in [-0.25, -0.2) is 0 Å². The zero-order chi connectivity index (χ0) is 15.5. The molecule has 0 aromatic carbocycles. The smallest absolute Gasteiger partial charge is 0.0648 e. The van der Waals surface area contributed by atoms with Crippen molar-refractivity contribution in [2.75, 3.05) is 19.8 Å². The Morgan fingerprint density at radius 2 is 1.71 bits per heavy atom. The second-order valence-corrected chi connectivity index (χ2v) is 7.94. The molecule has 3 heteroatoms. The summed E-state index contributed by atoms with van der Waals surface area (Å²) in [5, 5.41) is 9.01. The molecule has 122 valence electrons. The van der Waals surface area contributed by atoms with Crippen LogP contribution in [0.4, 0.5) is 0 Å². The van der Waals surface area contributed by atoms with E-state index in [-0.39, 0.29) is 17.8 Å². The summed E-state index contributed by atoms with van der Waals surface area (Å²) >= 11 is 0. The van der Waals surface area contributed by atoms with Crippen molar-refractivity contribution in [3.8, 4) is 0 Å². The van der Waals surface area contributed by atoms with E-state index < -0.39 is 0 Å². The van der Waals surface area contributed by atoms with Crippen LogP contribution in [0.3, 0.4) is 0 Å². The van der Waals surface area contributed by atoms with Crippen LogP contribution in [0.15, 0.2) is 12.2 Å². The van der Waals surface area contributed by atoms with Gasteiger partial charge < -0.3 is 14.6 Å². The molecule has 1 N–H and O–H groups in total. The molecule has 0 radical (unpaired) electrons. The number of aliphatic hydroxyl groups excluding tert-OH is 1. The normalized spacial score (nSPS) is 28.5. The SMILES string of the molecule is CC(C)(CCO)OCCC(C)(C)OCC1CC2C=CC1C2. The van der Waals surface area contributed by atoms with Gasteiger partial charge in [-0.15, -0.1) is 0 Å². The average molecular weight is 296 g/mol. The van der Waals surface area contributed by atoms with Crippen molar-refractivity contribution in [3.63, 3.8) is 0 Å². The second-order valence-electron chi connectivity index (χ2n) is 7.94. The number of rotatable bonds is 9. The molecule has 3 atom stereocenters. The van der Waals surface area contributed by atoms with E-state index in [1.807, 2.05) is 13.8 Å². The number of hydrogen-bond acceptors (Lipinski definition) is 3. The molecular weight excluding hydrogens is 264 g/mol. The van der Waals surface area contributed by atoms with Gasteiger partial charge in [-0.05, 0) is 71.1 Å². The maximum atomic E-state index is 9.01. The van der Waals surface area contributed by atoms with Gasteiger partial charge in [-0.1, -0.05) is 12.2 Å². The molecular formula is C18H32O3. The first-order valence-electron chi connectivity index (χ1n) is 8.38. The summed E-state index contributed by atoms with van der Waals surface area (Å²) in [4.78, 5) is 0. The van der Waals surface area contributed by atoms with Gasteiger partial charge in [0.2, 0.25) is 0 Å². The molecule has 21 heavy (non-hydrogen) atoms. The van der Waals surface area contributed by atoms with Gasteiger partial charge in [-0.3, -0.25) is 0 Å². The first kappa shape index (κ1) is 17.0. The molecule has 1 saturated carbocycles. The summed E-state index contributed by atoms with van der Waals surface area (Å²) in [7, 11) is 0. The summed E-state index contributed by atoms with van der Waals surface area (Å²) < 4.78 is 12.1. The zero-order valence-corrected chi connectivity index (χ0v) is 14.1. The molecule has 2 bridgehead atoms. The van der Waals surface area contributed by atoms with Crippen LogP contribution in [0.2, 0.25) is 0 Å². The van der Waals surface area contributed by atoms with E-state index in [9.17, 15) is 0 Å². The fraction of sp³-hybridized carbons (Fsp3) is 0.889. The molecule has 2 rings (SSSR count). The number of aliphatic hydroxyl groups is 1. The Bertz CT molecular complexity index is 359. The number of hydrogen-bond donors (Lipinski definition) is 1. The lowest BCUT2D eigenvalue weighted by atomic mass is 9.94. The standard InChI is InChI=1S/C18H32O3/c1-17(2,7-9-19)20-10-8-18(3,4)21-13-16-12-14-5-6-15(16)11-14/h5-6,14-16,19H,7-13H2,1-4H3. The largest absolute Gasteiger partial charge is 0.396 e. The van der Waals surface area contributed by atoms with Gasteiger partial charge in [-0.2, -0.15) is 0 Å². The van der Waals surface area contributed by atoms with Crippen LogP contribution < -0.4 is 0 Å². The van der Waals surface area contributed by atoms with Crippen LogP contribution in [-0.2, 0) is 9.47 Å². The monoisotopic (exact) mass is 296 g/mol. The van der Waals surface area contributed by atoms with Gasteiger partial charge in [0.15, 0.2) is 0 Å². The highest BCUT2D eigenvalue weighted by atomic mass is 16.5. The van der Waals surface area contributed by atoms with E-state index in [1.165, 1.54) is 12.8 Å². The molecule has 3 nitrogen and oxygen atoms in total. The highest BCUT2D eigenvalue weighted by Crippen LogP contribution is 2.43. The van der Waals surface area contributed by atoms with Crippen LogP contribution in [-0.4, -0.2) is 36.1 Å². The minimum Gasteiger partial charge on any atom is -0.396 e. The maximum Gasteiger partial charge on any atom is 0.0648 e. The van der Waals surface area contributed by atoms with Gasteiger partial charge in [0.05, 0.1) is 24.4 Å². The minimum atomic E-state index is -0.250. The Morgan fingerprint density at radius 1 is 1.00 bits per heavy atom. The number of ether oxygens (including phenoxy) is 2. The van der Waals surface area contributed by atoms with E-state index in [4.69, 9.17) is 14.6 Å². The Labute approximate surface area is 129 Å². The van der Waals surface area contributed by atoms with Crippen molar-refractivity contribution >= 4 is 0 Å². The topological polar surface area (TPSA) is 38.7 Å². The quantitative estimate of drug-likeness (QED) is 0.661. The predicted octanol–water partition coefficient (Wildman–Crippen LogP) is 3.56. The van der Waals surface area contributed by atoms with E-state index in [0.29, 0.717) is 18.9 Å². The van der Waals surface area contributed by atoms with E-state index in [1.54, 1.807) is 0 Å². The Balaban J connectivity index is 1.66. The second kappa shape index (κ2) is 6.80. The van der Waals surface area contributed by atoms with Crippen LogP contribution in [0.5, 0.6) is 0 Å². The van der Waals surface area contributed by atoms with Crippen molar-refractivity contribution in [1.82, 2.24) is 0 Å². The van der Waals surface area contributed by atoms with Crippen molar-refractivity contribution in [2.24, 2.45) is 17.8 Å². The fourth-order valence-electron chi connectivity index (χ4n) is 3.41. The first-order chi connectivity index (χ1) is 9.81. The van der Waals surface area contributed by atoms with Crippen molar-refractivity contribution in [3.05, 3.63) is 12.2 Å². The third kappa shape index (κ3) is 5.08. The third-order valence-corrected chi connectivity index (χ3v) is 5.02. The molecule has 1 fully saturated rings. The van der Waals surface area contributed by atoms with Gasteiger partial charge in [0.1, 0.15) is 0 Å². The summed E-state index contributed by atoms with van der Waals surface area (Å²) in [5.41, 5.74) is -0.388. The highest BCUT2D eigenvalue weighted by molar-refractivity contribution is 5.10. The van der Waals surface area contributed by atoms with Crippen molar-refractivity contribution < 1.29 is 14.6 Å². The Kier molecular flexibility index (Phi) is 5.50. The van der Waals surface area contributed by atoms with Crippen molar-refractivity contribution in [2.45, 2.75) is 64.6 Å². The van der Waals surface area contributed by atoms with Crippen LogP contribution in [0.1, 0.15) is 53.4 Å². The molecule has 2 aliphatic rings. The molecule has 2 aliphatic carbocycles. The lowest BCUT2D eigenvalue weighted by Crippen LogP contribution is -2.33. The first-order valence-corrected chi connectivity index (χ1v) is 8.38. The highest BCUT2D eigenvalue weighted by Gasteiger charge is 2.36. The average Bonchev–Trinajstić information content (AvgIpc) is 2.98. The molecule has 0 aromatic rings. The van der Waals surface area contributed by atoms with Crippen LogP contribution in [0, 0.1) is 17.8 Å². The zero-order valence-electron chi connectivity index (χ0n) is 14.1. The maximum absolute atomic E-state index is 9.01. The Hall–Kier alpha value is -0.380. The predicted molar refractivity (Wildman–Crippen MR) is 85.2 cm³/mol. The molecule has 0 spiro atoms. The van der Waals surface area contributed by atoms with E-state index in [0.717, 1.165) is 24.9 Å².